The van der Waals surface area contributed by atoms with E-state index >= 15 is 0 Å². The summed E-state index contributed by atoms with van der Waals surface area (Å²) in [6.07, 6.45) is 5.91. The van der Waals surface area contributed by atoms with Crippen LogP contribution in [0.5, 0.6) is 0 Å². The van der Waals surface area contributed by atoms with Gasteiger partial charge in [0.05, 0.1) is 11.7 Å². The number of carbonyl (C=O) groups is 1. The van der Waals surface area contributed by atoms with E-state index < -0.39 is 0 Å². The molecule has 1 amide bonds. The molecule has 1 fully saturated rings. The van der Waals surface area contributed by atoms with Gasteiger partial charge in [-0.3, -0.25) is 9.78 Å². The number of nitrogens with zero attached hydrogens (tertiary/aromatic N) is 1. The second-order valence-electron chi connectivity index (χ2n) is 4.65. The first-order valence-corrected chi connectivity index (χ1v) is 6.06. The van der Waals surface area contributed by atoms with Crippen LogP contribution in [0, 0.1) is 5.92 Å². The number of rotatable bonds is 4. The van der Waals surface area contributed by atoms with Crippen LogP contribution in [-0.2, 0) is 4.79 Å². The molecule has 1 unspecified atom stereocenters. The molecule has 0 aliphatic heterocycles. The molecule has 1 aliphatic rings. The van der Waals surface area contributed by atoms with Crippen LogP contribution in [0.4, 0.5) is 0 Å². The second kappa shape index (κ2) is 5.13. The van der Waals surface area contributed by atoms with Crippen molar-refractivity contribution >= 4 is 5.91 Å². The summed E-state index contributed by atoms with van der Waals surface area (Å²) in [4.78, 5) is 16.0. The zero-order chi connectivity index (χ0) is 12.3. The molecule has 1 aromatic rings. The summed E-state index contributed by atoms with van der Waals surface area (Å²) in [5, 5.41) is 2.93. The summed E-state index contributed by atoms with van der Waals surface area (Å²) in [7, 11) is 0. The van der Waals surface area contributed by atoms with Gasteiger partial charge in [0.15, 0.2) is 0 Å². The first-order chi connectivity index (χ1) is 8.16. The van der Waals surface area contributed by atoms with Gasteiger partial charge in [-0.15, -0.1) is 0 Å². The number of carbonyl (C=O) groups excluding carboxylic acids is 1. The molecule has 1 saturated carbocycles. The molecule has 1 aromatic heterocycles. The maximum absolute atomic E-state index is 11.8. The number of hydrogen-bond donors (Lipinski definition) is 1. The molecule has 0 bridgehead atoms. The van der Waals surface area contributed by atoms with Crippen molar-refractivity contribution in [3.63, 3.8) is 0 Å². The van der Waals surface area contributed by atoms with Gasteiger partial charge in [-0.05, 0) is 44.7 Å². The van der Waals surface area contributed by atoms with E-state index in [0.717, 1.165) is 5.69 Å². The Balaban J connectivity index is 1.92. The lowest BCUT2D eigenvalue weighted by Gasteiger charge is -2.11. The molecular formula is C14H18N2O. The monoisotopic (exact) mass is 230 g/mol. The molecule has 0 saturated heterocycles. The fourth-order valence-electron chi connectivity index (χ4n) is 1.82. The van der Waals surface area contributed by atoms with Crippen LogP contribution in [0.1, 0.15) is 38.4 Å². The Morgan fingerprint density at radius 2 is 2.29 bits per heavy atom. The average Bonchev–Trinajstić information content (AvgIpc) is 3.13. The number of hydrogen-bond acceptors (Lipinski definition) is 2. The lowest BCUT2D eigenvalue weighted by molar-refractivity contribution is -0.117. The standard InChI is InChI=1S/C14H18N2O/c1-10(12-6-7-12)9-14(17)16-11(2)13-5-3-4-8-15-13/h3-5,8-9,11-12H,6-7H2,1-2H3,(H,16,17)/b10-9+. The van der Waals surface area contributed by atoms with E-state index in [4.69, 9.17) is 0 Å². The topological polar surface area (TPSA) is 42.0 Å². The maximum Gasteiger partial charge on any atom is 0.244 e. The Bertz CT molecular complexity index is 421. The van der Waals surface area contributed by atoms with Gasteiger partial charge >= 0.3 is 0 Å². The van der Waals surface area contributed by atoms with Crippen molar-refractivity contribution in [1.29, 1.82) is 0 Å². The van der Waals surface area contributed by atoms with Gasteiger partial charge in [0.25, 0.3) is 0 Å². The summed E-state index contributed by atoms with van der Waals surface area (Å²) in [5.41, 5.74) is 2.08. The number of pyridine rings is 1. The lowest BCUT2D eigenvalue weighted by Crippen LogP contribution is -2.25. The zero-order valence-corrected chi connectivity index (χ0v) is 10.3. The molecule has 0 aromatic carbocycles. The van der Waals surface area contributed by atoms with Crippen LogP contribution in [-0.4, -0.2) is 10.9 Å². The molecule has 1 atom stereocenters. The van der Waals surface area contributed by atoms with Gasteiger partial charge in [-0.2, -0.15) is 0 Å². The largest absolute Gasteiger partial charge is 0.344 e. The van der Waals surface area contributed by atoms with Crippen LogP contribution in [0.25, 0.3) is 0 Å². The van der Waals surface area contributed by atoms with Crippen LogP contribution in [0.3, 0.4) is 0 Å². The van der Waals surface area contributed by atoms with E-state index in [1.54, 1.807) is 12.3 Å². The summed E-state index contributed by atoms with van der Waals surface area (Å²) < 4.78 is 0. The molecule has 17 heavy (non-hydrogen) atoms. The smallest absolute Gasteiger partial charge is 0.244 e. The molecule has 1 N–H and O–H groups in total. The summed E-state index contributed by atoms with van der Waals surface area (Å²) in [6.45, 7) is 3.98. The Kier molecular flexibility index (Phi) is 3.57. The van der Waals surface area contributed by atoms with Gasteiger partial charge in [0, 0.05) is 12.3 Å². The SMILES string of the molecule is C/C(=C\C(=O)NC(C)c1ccccn1)C1CC1. The normalized spacial score (nSPS) is 17.6. The predicted molar refractivity (Wildman–Crippen MR) is 67.3 cm³/mol. The van der Waals surface area contributed by atoms with Crippen molar-refractivity contribution in [2.24, 2.45) is 5.92 Å². The molecule has 3 nitrogen and oxygen atoms in total. The predicted octanol–water partition coefficient (Wildman–Crippen LogP) is 2.62. The van der Waals surface area contributed by atoms with Crippen LogP contribution < -0.4 is 5.32 Å². The molecular weight excluding hydrogens is 212 g/mol. The number of allylic oxidation sites excluding steroid dienone is 1. The number of amides is 1. The van der Waals surface area contributed by atoms with Crippen LogP contribution in [0.2, 0.25) is 0 Å². The Hall–Kier alpha value is -1.64. The van der Waals surface area contributed by atoms with Crippen molar-refractivity contribution in [2.75, 3.05) is 0 Å². The first-order valence-electron chi connectivity index (χ1n) is 6.06. The van der Waals surface area contributed by atoms with E-state index in [9.17, 15) is 4.79 Å². The van der Waals surface area contributed by atoms with Crippen LogP contribution >= 0.6 is 0 Å². The molecule has 90 valence electrons. The fraction of sp³-hybridized carbons (Fsp3) is 0.429. The second-order valence-corrected chi connectivity index (χ2v) is 4.65. The average molecular weight is 230 g/mol. The maximum atomic E-state index is 11.8. The van der Waals surface area contributed by atoms with Crippen LogP contribution in [0.15, 0.2) is 36.0 Å². The lowest BCUT2D eigenvalue weighted by atomic mass is 10.1. The minimum atomic E-state index is -0.0491. The van der Waals surface area contributed by atoms with E-state index in [1.807, 2.05) is 32.0 Å². The Morgan fingerprint density at radius 3 is 2.88 bits per heavy atom. The number of nitrogens with one attached hydrogen (secondary N) is 1. The fourth-order valence-corrected chi connectivity index (χ4v) is 1.82. The third-order valence-corrected chi connectivity index (χ3v) is 3.07. The van der Waals surface area contributed by atoms with E-state index in [2.05, 4.69) is 10.3 Å². The molecule has 0 radical (unpaired) electrons. The first kappa shape index (κ1) is 11.8. The van der Waals surface area contributed by atoms with E-state index in [0.29, 0.717) is 5.92 Å². The van der Waals surface area contributed by atoms with Gasteiger partial charge in [-0.25, -0.2) is 0 Å². The van der Waals surface area contributed by atoms with Crippen molar-refractivity contribution in [2.45, 2.75) is 32.7 Å². The highest BCUT2D eigenvalue weighted by molar-refractivity contribution is 5.88. The molecule has 2 rings (SSSR count). The van der Waals surface area contributed by atoms with Gasteiger partial charge < -0.3 is 5.32 Å². The highest BCUT2D eigenvalue weighted by Gasteiger charge is 2.23. The highest BCUT2D eigenvalue weighted by atomic mass is 16.1. The summed E-state index contributed by atoms with van der Waals surface area (Å²) in [6, 6.07) is 5.67. The summed E-state index contributed by atoms with van der Waals surface area (Å²) >= 11 is 0. The van der Waals surface area contributed by atoms with E-state index in [1.165, 1.54) is 18.4 Å². The Morgan fingerprint density at radius 1 is 1.53 bits per heavy atom. The number of aromatic nitrogens is 1. The highest BCUT2D eigenvalue weighted by Crippen LogP contribution is 2.35. The minimum Gasteiger partial charge on any atom is -0.344 e. The third-order valence-electron chi connectivity index (χ3n) is 3.07. The summed E-state index contributed by atoms with van der Waals surface area (Å²) in [5.74, 6) is 0.624. The molecule has 3 heteroatoms. The van der Waals surface area contributed by atoms with Crippen molar-refractivity contribution in [3.8, 4) is 0 Å². The Labute approximate surface area is 102 Å². The van der Waals surface area contributed by atoms with Crippen molar-refractivity contribution < 1.29 is 4.79 Å². The minimum absolute atomic E-state index is 0.0208. The van der Waals surface area contributed by atoms with Gasteiger partial charge in [-0.1, -0.05) is 11.6 Å². The molecule has 0 spiro atoms. The quantitative estimate of drug-likeness (QED) is 0.808. The third kappa shape index (κ3) is 3.41. The van der Waals surface area contributed by atoms with Gasteiger partial charge in [0.2, 0.25) is 5.91 Å². The van der Waals surface area contributed by atoms with E-state index in [-0.39, 0.29) is 11.9 Å². The van der Waals surface area contributed by atoms with Crippen molar-refractivity contribution in [1.82, 2.24) is 10.3 Å². The zero-order valence-electron chi connectivity index (χ0n) is 10.3. The molecule has 1 aliphatic carbocycles. The van der Waals surface area contributed by atoms with Crippen molar-refractivity contribution in [3.05, 3.63) is 41.7 Å². The molecule has 1 heterocycles. The van der Waals surface area contributed by atoms with Gasteiger partial charge in [0.1, 0.15) is 0 Å².